The highest BCUT2D eigenvalue weighted by atomic mass is 32.2. The molecule has 1 aromatic carbocycles. The number of hydrazine groups is 1. The number of ether oxygens (including phenoxy) is 1. The van der Waals surface area contributed by atoms with E-state index in [1.807, 2.05) is 18.2 Å². The van der Waals surface area contributed by atoms with Gasteiger partial charge < -0.3 is 9.15 Å². The van der Waals surface area contributed by atoms with Crippen molar-refractivity contribution < 1.29 is 27.2 Å². The molecule has 26 heavy (non-hydrogen) atoms. The summed E-state index contributed by atoms with van der Waals surface area (Å²) in [6, 6.07) is 12.2. The molecule has 0 radical (unpaired) electrons. The van der Waals surface area contributed by atoms with Crippen LogP contribution in [0.2, 0.25) is 0 Å². The van der Waals surface area contributed by atoms with E-state index >= 15 is 0 Å². The van der Waals surface area contributed by atoms with E-state index in [-0.39, 0.29) is 30.3 Å². The summed E-state index contributed by atoms with van der Waals surface area (Å²) in [6.07, 6.45) is 0.256. The van der Waals surface area contributed by atoms with Crippen molar-refractivity contribution in [2.75, 3.05) is 11.5 Å². The van der Waals surface area contributed by atoms with E-state index in [4.69, 9.17) is 9.15 Å². The molecule has 1 saturated heterocycles. The molecule has 138 valence electrons. The summed E-state index contributed by atoms with van der Waals surface area (Å²) < 4.78 is 33.6. The van der Waals surface area contributed by atoms with Crippen LogP contribution in [-0.2, 0) is 21.2 Å². The first-order chi connectivity index (χ1) is 12.4. The van der Waals surface area contributed by atoms with Crippen LogP contribution in [0.3, 0.4) is 0 Å². The second-order valence-corrected chi connectivity index (χ2v) is 8.14. The summed E-state index contributed by atoms with van der Waals surface area (Å²) in [7, 11) is -3.16. The number of carbonyl (C=O) groups is 2. The van der Waals surface area contributed by atoms with Crippen LogP contribution in [0.1, 0.15) is 22.7 Å². The molecule has 2 aromatic rings. The van der Waals surface area contributed by atoms with Crippen molar-refractivity contribution in [2.45, 2.75) is 13.0 Å². The highest BCUT2D eigenvalue weighted by Crippen LogP contribution is 2.18. The zero-order valence-corrected chi connectivity index (χ0v) is 14.6. The van der Waals surface area contributed by atoms with Gasteiger partial charge >= 0.3 is 5.91 Å². The van der Waals surface area contributed by atoms with E-state index in [1.165, 1.54) is 6.07 Å². The highest BCUT2D eigenvalue weighted by Gasteiger charge is 2.33. The van der Waals surface area contributed by atoms with Crippen molar-refractivity contribution in [3.63, 3.8) is 0 Å². The summed E-state index contributed by atoms with van der Waals surface area (Å²) in [6.45, 7) is 0.156. The van der Waals surface area contributed by atoms with Crippen molar-refractivity contribution in [1.29, 1.82) is 0 Å². The molecule has 2 N–H and O–H groups in total. The molecule has 0 aliphatic carbocycles. The number of amides is 2. The minimum Gasteiger partial charge on any atom is -0.486 e. The van der Waals surface area contributed by atoms with Crippen molar-refractivity contribution in [1.82, 2.24) is 10.9 Å². The molecule has 3 rings (SSSR count). The summed E-state index contributed by atoms with van der Waals surface area (Å²) in [5.41, 5.74) is 4.46. The van der Waals surface area contributed by atoms with Crippen molar-refractivity contribution in [3.8, 4) is 5.75 Å². The van der Waals surface area contributed by atoms with Crippen LogP contribution in [0.15, 0.2) is 46.9 Å². The monoisotopic (exact) mass is 378 g/mol. The number of rotatable bonds is 5. The van der Waals surface area contributed by atoms with Gasteiger partial charge in [-0.15, -0.1) is 0 Å². The van der Waals surface area contributed by atoms with Gasteiger partial charge in [-0.2, -0.15) is 0 Å². The second-order valence-electron chi connectivity index (χ2n) is 5.91. The fraction of sp³-hybridized carbons (Fsp3) is 0.294. The minimum atomic E-state index is -3.16. The number of nitrogens with one attached hydrogen (secondary N) is 2. The Labute approximate surface area is 150 Å². The van der Waals surface area contributed by atoms with Gasteiger partial charge in [0.15, 0.2) is 15.6 Å². The predicted molar refractivity (Wildman–Crippen MR) is 91.9 cm³/mol. The molecule has 2 heterocycles. The van der Waals surface area contributed by atoms with Gasteiger partial charge in [-0.05, 0) is 30.7 Å². The fourth-order valence-corrected chi connectivity index (χ4v) is 4.27. The smallest absolute Gasteiger partial charge is 0.305 e. The van der Waals surface area contributed by atoms with Gasteiger partial charge in [0.25, 0.3) is 0 Å². The number of benzene rings is 1. The number of hydrogen-bond donors (Lipinski definition) is 2. The highest BCUT2D eigenvalue weighted by molar-refractivity contribution is 7.91. The average Bonchev–Trinajstić information content (AvgIpc) is 3.25. The lowest BCUT2D eigenvalue weighted by Crippen LogP contribution is -2.44. The zero-order valence-electron chi connectivity index (χ0n) is 13.8. The molecule has 0 saturated carbocycles. The van der Waals surface area contributed by atoms with Crippen molar-refractivity contribution >= 4 is 21.7 Å². The van der Waals surface area contributed by atoms with Crippen LogP contribution < -0.4 is 15.6 Å². The molecule has 1 aliphatic rings. The van der Waals surface area contributed by atoms with Crippen molar-refractivity contribution in [2.24, 2.45) is 5.92 Å². The molecule has 1 aliphatic heterocycles. The minimum absolute atomic E-state index is 0.0102. The molecular formula is C17H18N2O6S. The molecule has 1 atom stereocenters. The number of carbonyl (C=O) groups excluding carboxylic acids is 2. The van der Waals surface area contributed by atoms with Gasteiger partial charge in [-0.3, -0.25) is 20.4 Å². The Hall–Kier alpha value is -2.81. The molecule has 0 unspecified atom stereocenters. The standard InChI is InChI=1S/C17H18N2O6S/c20-16(12-8-9-26(22,23)11-12)18-19-17(21)15-7-6-14(25-15)10-24-13-4-2-1-3-5-13/h1-7,12H,8-11H2,(H,18,20)(H,19,21)/t12-/m1/s1. The van der Waals surface area contributed by atoms with E-state index in [9.17, 15) is 18.0 Å². The lowest BCUT2D eigenvalue weighted by Gasteiger charge is -2.09. The Balaban J connectivity index is 1.48. The quantitative estimate of drug-likeness (QED) is 0.752. The summed E-state index contributed by atoms with van der Waals surface area (Å²) in [5, 5.41) is 0. The molecule has 9 heteroatoms. The van der Waals surface area contributed by atoms with Crippen LogP contribution in [0, 0.1) is 5.92 Å². The van der Waals surface area contributed by atoms with Gasteiger partial charge in [0.2, 0.25) is 5.91 Å². The maximum Gasteiger partial charge on any atom is 0.305 e. The normalized spacial score (nSPS) is 18.2. The third-order valence-corrected chi connectivity index (χ3v) is 5.68. The van der Waals surface area contributed by atoms with Gasteiger partial charge in [0, 0.05) is 0 Å². The van der Waals surface area contributed by atoms with E-state index in [1.54, 1.807) is 18.2 Å². The number of para-hydroxylation sites is 1. The molecule has 1 aromatic heterocycles. The van der Waals surface area contributed by atoms with Crippen LogP contribution in [0.5, 0.6) is 5.75 Å². The van der Waals surface area contributed by atoms with Gasteiger partial charge in [-0.25, -0.2) is 8.42 Å². The van der Waals surface area contributed by atoms with Gasteiger partial charge in [0.1, 0.15) is 18.1 Å². The van der Waals surface area contributed by atoms with E-state index < -0.39 is 27.6 Å². The summed E-state index contributed by atoms with van der Waals surface area (Å²) >= 11 is 0. The molecule has 1 fully saturated rings. The van der Waals surface area contributed by atoms with Crippen LogP contribution >= 0.6 is 0 Å². The number of hydrogen-bond acceptors (Lipinski definition) is 6. The molecule has 0 bridgehead atoms. The first-order valence-electron chi connectivity index (χ1n) is 8.00. The van der Waals surface area contributed by atoms with Crippen LogP contribution in [-0.4, -0.2) is 31.7 Å². The van der Waals surface area contributed by atoms with Gasteiger partial charge in [-0.1, -0.05) is 18.2 Å². The topological polar surface area (TPSA) is 115 Å². The molecule has 8 nitrogen and oxygen atoms in total. The first kappa shape index (κ1) is 18.0. The van der Waals surface area contributed by atoms with Crippen LogP contribution in [0.4, 0.5) is 0 Å². The van der Waals surface area contributed by atoms with Crippen LogP contribution in [0.25, 0.3) is 0 Å². The third kappa shape index (κ3) is 4.63. The van der Waals surface area contributed by atoms with E-state index in [0.29, 0.717) is 11.5 Å². The maximum absolute atomic E-state index is 12.0. The Morgan fingerprint density at radius 1 is 1.12 bits per heavy atom. The second kappa shape index (κ2) is 7.61. The first-order valence-corrected chi connectivity index (χ1v) is 9.82. The summed E-state index contributed by atoms with van der Waals surface area (Å²) in [4.78, 5) is 23.9. The molecule has 0 spiro atoms. The predicted octanol–water partition coefficient (Wildman–Crippen LogP) is 1.05. The zero-order chi connectivity index (χ0) is 18.6. The SMILES string of the molecule is O=C(NNC(=O)[C@@H]1CCS(=O)(=O)C1)c1ccc(COc2ccccc2)o1. The van der Waals surface area contributed by atoms with E-state index in [0.717, 1.165) is 0 Å². The largest absolute Gasteiger partial charge is 0.486 e. The number of sulfone groups is 1. The Kier molecular flexibility index (Phi) is 5.27. The lowest BCUT2D eigenvalue weighted by molar-refractivity contribution is -0.125. The maximum atomic E-state index is 12.0. The Bertz CT molecular complexity index is 891. The Morgan fingerprint density at radius 3 is 2.58 bits per heavy atom. The van der Waals surface area contributed by atoms with E-state index in [2.05, 4.69) is 10.9 Å². The van der Waals surface area contributed by atoms with Crippen molar-refractivity contribution in [3.05, 3.63) is 54.0 Å². The summed E-state index contributed by atoms with van der Waals surface area (Å²) in [5.74, 6) is -0.884. The lowest BCUT2D eigenvalue weighted by atomic mass is 10.1. The molecular weight excluding hydrogens is 360 g/mol. The molecule has 2 amide bonds. The number of furan rings is 1. The Morgan fingerprint density at radius 2 is 1.88 bits per heavy atom. The fourth-order valence-electron chi connectivity index (χ4n) is 2.53. The average molecular weight is 378 g/mol. The van der Waals surface area contributed by atoms with Gasteiger partial charge in [0.05, 0.1) is 17.4 Å². The third-order valence-electron chi connectivity index (χ3n) is 3.91.